The largest absolute Gasteiger partial charge is 0.494 e. The van der Waals surface area contributed by atoms with E-state index in [0.29, 0.717) is 19.1 Å². The second-order valence-electron chi connectivity index (χ2n) is 7.80. The molecule has 1 aliphatic rings. The van der Waals surface area contributed by atoms with Crippen LogP contribution in [0.15, 0.2) is 46.9 Å². The Morgan fingerprint density at radius 1 is 1.00 bits per heavy atom. The van der Waals surface area contributed by atoms with Gasteiger partial charge in [-0.2, -0.15) is 0 Å². The zero-order valence-corrected chi connectivity index (χ0v) is 18.2. The highest BCUT2D eigenvalue weighted by Gasteiger charge is 2.21. The number of oxazole rings is 1. The predicted octanol–water partition coefficient (Wildman–Crippen LogP) is 6.36. The number of hydrogen-bond donors (Lipinski definition) is 0. The topological polar surface area (TPSA) is 44.5 Å². The average Bonchev–Trinajstić information content (AvgIpc) is 3.38. The lowest BCUT2D eigenvalue weighted by Gasteiger charge is -2.10. The van der Waals surface area contributed by atoms with Gasteiger partial charge in [-0.3, -0.25) is 0 Å². The first-order valence-corrected chi connectivity index (χ1v) is 11.2. The molecule has 4 nitrogen and oxygen atoms in total. The summed E-state index contributed by atoms with van der Waals surface area (Å²) in [4.78, 5) is 4.75. The summed E-state index contributed by atoms with van der Waals surface area (Å²) in [5.74, 6) is 4.13. The molecular weight excluding hydrogens is 374 g/mol. The molecule has 158 valence electrons. The molecule has 0 spiro atoms. The zero-order chi connectivity index (χ0) is 20.9. The highest BCUT2D eigenvalue weighted by Crippen LogP contribution is 2.37. The van der Waals surface area contributed by atoms with E-state index in [1.54, 1.807) is 0 Å². The van der Waals surface area contributed by atoms with Crippen molar-refractivity contribution in [3.8, 4) is 23.0 Å². The molecule has 4 rings (SSSR count). The lowest BCUT2D eigenvalue weighted by atomic mass is 9.99. The van der Waals surface area contributed by atoms with E-state index >= 15 is 0 Å². The van der Waals surface area contributed by atoms with Gasteiger partial charge in [0, 0.05) is 18.4 Å². The van der Waals surface area contributed by atoms with Crippen molar-refractivity contribution < 1.29 is 13.9 Å². The van der Waals surface area contributed by atoms with Crippen LogP contribution < -0.4 is 9.47 Å². The van der Waals surface area contributed by atoms with E-state index in [9.17, 15) is 0 Å². The smallest absolute Gasteiger partial charge is 0.226 e. The third kappa shape index (κ3) is 4.38. The molecule has 3 aromatic rings. The molecule has 30 heavy (non-hydrogen) atoms. The van der Waals surface area contributed by atoms with Crippen molar-refractivity contribution in [2.24, 2.45) is 0 Å². The van der Waals surface area contributed by atoms with Gasteiger partial charge in [-0.15, -0.1) is 0 Å². The molecule has 0 bridgehead atoms. The van der Waals surface area contributed by atoms with Crippen LogP contribution in [-0.2, 0) is 19.3 Å². The highest BCUT2D eigenvalue weighted by atomic mass is 16.5. The Kier molecular flexibility index (Phi) is 6.41. The molecule has 0 amide bonds. The van der Waals surface area contributed by atoms with Gasteiger partial charge in [0.05, 0.1) is 18.9 Å². The average molecular weight is 406 g/mol. The third-order valence-corrected chi connectivity index (χ3v) is 5.93. The lowest BCUT2D eigenvalue weighted by Crippen LogP contribution is -2.04. The van der Waals surface area contributed by atoms with Gasteiger partial charge in [0.2, 0.25) is 5.89 Å². The second-order valence-corrected chi connectivity index (χ2v) is 7.80. The van der Waals surface area contributed by atoms with Crippen LogP contribution in [-0.4, -0.2) is 18.2 Å². The number of nitrogens with zero attached hydrogens (tertiary/aromatic N) is 1. The van der Waals surface area contributed by atoms with E-state index < -0.39 is 0 Å². The summed E-state index contributed by atoms with van der Waals surface area (Å²) in [6.07, 6.45) is 5.20. The van der Waals surface area contributed by atoms with Crippen LogP contribution in [0, 0.1) is 0 Å². The summed E-state index contributed by atoms with van der Waals surface area (Å²) in [6.45, 7) is 7.60. The van der Waals surface area contributed by atoms with Gasteiger partial charge in [0.25, 0.3) is 0 Å². The van der Waals surface area contributed by atoms with Crippen LogP contribution in [0.4, 0.5) is 0 Å². The monoisotopic (exact) mass is 405 g/mol. The molecule has 2 aromatic carbocycles. The van der Waals surface area contributed by atoms with Gasteiger partial charge in [-0.25, -0.2) is 4.98 Å². The van der Waals surface area contributed by atoms with Crippen LogP contribution in [0.25, 0.3) is 11.5 Å². The summed E-state index contributed by atoms with van der Waals surface area (Å²) < 4.78 is 17.6. The molecule has 0 N–H and O–H groups in total. The molecule has 0 saturated carbocycles. The maximum Gasteiger partial charge on any atom is 0.226 e. The summed E-state index contributed by atoms with van der Waals surface area (Å²) in [5.41, 5.74) is 4.90. The van der Waals surface area contributed by atoms with Gasteiger partial charge in [0.1, 0.15) is 17.3 Å². The van der Waals surface area contributed by atoms with Crippen LogP contribution in [0.2, 0.25) is 0 Å². The maximum atomic E-state index is 6.06. The standard InChI is InChI=1S/C26H31NO3/c1-4-18-7-8-20-17-22(13-14-23(18)20)29-16-15-24-25(5-2)30-26(27-24)19-9-11-21(12-10-19)28-6-3/h9-14,17-18H,4-8,15-16H2,1-3H3. The Bertz CT molecular complexity index is 974. The SMILES string of the molecule is CCOc1ccc(-c2nc(CCOc3ccc4c(c3)CCC4CC)c(CC)o2)cc1. The molecule has 1 atom stereocenters. The van der Waals surface area contributed by atoms with E-state index in [4.69, 9.17) is 18.9 Å². The molecule has 0 fully saturated rings. The fraction of sp³-hybridized carbons (Fsp3) is 0.423. The Hall–Kier alpha value is -2.75. The van der Waals surface area contributed by atoms with Gasteiger partial charge < -0.3 is 13.9 Å². The van der Waals surface area contributed by atoms with Crippen molar-refractivity contribution in [3.05, 3.63) is 65.0 Å². The molecule has 1 aromatic heterocycles. The lowest BCUT2D eigenvalue weighted by molar-refractivity contribution is 0.319. The van der Waals surface area contributed by atoms with E-state index in [2.05, 4.69) is 32.0 Å². The van der Waals surface area contributed by atoms with Gasteiger partial charge in [0.15, 0.2) is 0 Å². The van der Waals surface area contributed by atoms with Crippen molar-refractivity contribution in [2.45, 2.75) is 58.8 Å². The first-order chi connectivity index (χ1) is 14.7. The molecule has 1 unspecified atom stereocenters. The maximum absolute atomic E-state index is 6.06. The molecule has 0 saturated heterocycles. The van der Waals surface area contributed by atoms with Crippen molar-refractivity contribution >= 4 is 0 Å². The number of ether oxygens (including phenoxy) is 2. The van der Waals surface area contributed by atoms with Gasteiger partial charge in [-0.05, 0) is 79.6 Å². The van der Waals surface area contributed by atoms with Crippen molar-refractivity contribution in [2.75, 3.05) is 13.2 Å². The number of aryl methyl sites for hydroxylation is 2. The number of hydrogen-bond acceptors (Lipinski definition) is 4. The summed E-state index contributed by atoms with van der Waals surface area (Å²) >= 11 is 0. The van der Waals surface area contributed by atoms with E-state index in [1.807, 2.05) is 31.2 Å². The Labute approximate surface area is 179 Å². The minimum Gasteiger partial charge on any atom is -0.494 e. The second kappa shape index (κ2) is 9.38. The summed E-state index contributed by atoms with van der Waals surface area (Å²) in [7, 11) is 0. The first kappa shape index (κ1) is 20.5. The minimum absolute atomic E-state index is 0.595. The third-order valence-electron chi connectivity index (χ3n) is 5.93. The van der Waals surface area contributed by atoms with Crippen LogP contribution in [0.3, 0.4) is 0 Å². The fourth-order valence-corrected chi connectivity index (χ4v) is 4.30. The van der Waals surface area contributed by atoms with Crippen molar-refractivity contribution in [3.63, 3.8) is 0 Å². The summed E-state index contributed by atoms with van der Waals surface area (Å²) in [5, 5.41) is 0. The van der Waals surface area contributed by atoms with E-state index in [0.717, 1.165) is 47.3 Å². The van der Waals surface area contributed by atoms with Crippen LogP contribution >= 0.6 is 0 Å². The van der Waals surface area contributed by atoms with Crippen molar-refractivity contribution in [1.82, 2.24) is 4.98 Å². The van der Waals surface area contributed by atoms with Crippen molar-refractivity contribution in [1.29, 1.82) is 0 Å². The quantitative estimate of drug-likeness (QED) is 0.415. The fourth-order valence-electron chi connectivity index (χ4n) is 4.30. The molecule has 1 heterocycles. The van der Waals surface area contributed by atoms with Gasteiger partial charge >= 0.3 is 0 Å². The number of aromatic nitrogens is 1. The highest BCUT2D eigenvalue weighted by molar-refractivity contribution is 5.55. The molecule has 0 radical (unpaired) electrons. The first-order valence-electron chi connectivity index (χ1n) is 11.2. The Balaban J connectivity index is 1.40. The summed E-state index contributed by atoms with van der Waals surface area (Å²) in [6, 6.07) is 14.5. The molecule has 1 aliphatic carbocycles. The number of benzene rings is 2. The normalized spacial score (nSPS) is 15.2. The number of rotatable bonds is 9. The Morgan fingerprint density at radius 2 is 1.80 bits per heavy atom. The molecular formula is C26H31NO3. The van der Waals surface area contributed by atoms with Crippen LogP contribution in [0.5, 0.6) is 11.5 Å². The van der Waals surface area contributed by atoms with E-state index in [1.165, 1.54) is 30.4 Å². The number of fused-ring (bicyclic) bond motifs is 1. The van der Waals surface area contributed by atoms with Crippen LogP contribution in [0.1, 0.15) is 62.1 Å². The minimum atomic E-state index is 0.595. The zero-order valence-electron chi connectivity index (χ0n) is 18.2. The molecule has 4 heteroatoms. The predicted molar refractivity (Wildman–Crippen MR) is 119 cm³/mol. The van der Waals surface area contributed by atoms with Gasteiger partial charge in [-0.1, -0.05) is 19.9 Å². The van der Waals surface area contributed by atoms with E-state index in [-0.39, 0.29) is 0 Å². The molecule has 0 aliphatic heterocycles. The Morgan fingerprint density at radius 3 is 2.53 bits per heavy atom.